The van der Waals surface area contributed by atoms with Gasteiger partial charge in [0.2, 0.25) is 0 Å². The Labute approximate surface area is 199 Å². The Kier molecular flexibility index (Phi) is 7.10. The second-order valence-electron chi connectivity index (χ2n) is 9.25. The molecule has 3 aromatic rings. The largest absolute Gasteiger partial charge is 0.450 e. The predicted octanol–water partition coefficient (Wildman–Crippen LogP) is 5.16. The minimum absolute atomic E-state index is 0.227. The molecule has 8 heteroatoms. The second kappa shape index (κ2) is 10.0. The summed E-state index contributed by atoms with van der Waals surface area (Å²) < 4.78 is 16.7. The third-order valence-electron chi connectivity index (χ3n) is 5.40. The van der Waals surface area contributed by atoms with Gasteiger partial charge < -0.3 is 18.8 Å². The first-order chi connectivity index (χ1) is 15.7. The lowest BCUT2D eigenvalue weighted by atomic mass is 10.1. The topological polar surface area (TPSA) is 68.0 Å². The summed E-state index contributed by atoms with van der Waals surface area (Å²) in [5, 5.41) is 0.607. The van der Waals surface area contributed by atoms with Crippen LogP contribution in [0.3, 0.4) is 0 Å². The third-order valence-corrected chi connectivity index (χ3v) is 5.64. The minimum atomic E-state index is -0.460. The van der Waals surface area contributed by atoms with Gasteiger partial charge in [-0.3, -0.25) is 4.90 Å². The Bertz CT molecular complexity index is 1080. The number of fused-ring (bicyclic) bond motifs is 1. The van der Waals surface area contributed by atoms with Gasteiger partial charge in [0.25, 0.3) is 0 Å². The molecule has 4 rings (SSSR count). The molecule has 1 saturated heterocycles. The summed E-state index contributed by atoms with van der Waals surface area (Å²) in [6, 6.07) is 13.9. The maximum Gasteiger partial charge on any atom is 0.410 e. The van der Waals surface area contributed by atoms with Crippen molar-refractivity contribution in [1.29, 1.82) is 0 Å². The number of aromatic nitrogens is 1. The Morgan fingerprint density at radius 3 is 2.45 bits per heavy atom. The Balaban J connectivity index is 1.20. The first-order valence-corrected chi connectivity index (χ1v) is 11.6. The van der Waals surface area contributed by atoms with Crippen LogP contribution in [0.2, 0.25) is 5.02 Å². The standard InChI is InChI=1S/C25H30ClN3O4/c1-25(2,3)33-24(30)29-13-11-28(12-14-29)17-19-6-4-18(5-7-19)10-15-31-23-27-21-9-8-20(26)16-22(21)32-23/h4-9,16H,10-15,17H2,1-3H3. The van der Waals surface area contributed by atoms with Gasteiger partial charge in [-0.25, -0.2) is 4.79 Å². The first kappa shape index (κ1) is 23.4. The van der Waals surface area contributed by atoms with E-state index in [1.54, 1.807) is 17.0 Å². The number of nitrogens with zero attached hydrogens (tertiary/aromatic N) is 3. The van der Waals surface area contributed by atoms with E-state index in [0.29, 0.717) is 30.3 Å². The highest BCUT2D eigenvalue weighted by molar-refractivity contribution is 6.31. The second-order valence-corrected chi connectivity index (χ2v) is 9.69. The van der Waals surface area contributed by atoms with Crippen LogP contribution in [0, 0.1) is 0 Å². The number of carbonyl (C=O) groups excluding carboxylic acids is 1. The fraction of sp³-hybridized carbons (Fsp3) is 0.440. The smallest absolute Gasteiger partial charge is 0.410 e. The molecule has 1 fully saturated rings. The fourth-order valence-corrected chi connectivity index (χ4v) is 3.84. The van der Waals surface area contributed by atoms with E-state index >= 15 is 0 Å². The molecule has 1 aliphatic heterocycles. The van der Waals surface area contributed by atoms with Crippen molar-refractivity contribution in [2.45, 2.75) is 39.3 Å². The molecule has 7 nitrogen and oxygen atoms in total. The summed E-state index contributed by atoms with van der Waals surface area (Å²) in [6.07, 6.45) is 0.790. The molecule has 1 amide bonds. The summed E-state index contributed by atoms with van der Waals surface area (Å²) in [7, 11) is 0. The normalized spacial score (nSPS) is 15.1. The molecule has 0 spiro atoms. The number of rotatable bonds is 6. The van der Waals surface area contributed by atoms with E-state index in [1.807, 2.05) is 26.8 Å². The summed E-state index contributed by atoms with van der Waals surface area (Å²) in [5.74, 6) is 0. The van der Waals surface area contributed by atoms with Crippen molar-refractivity contribution in [3.8, 4) is 6.08 Å². The van der Waals surface area contributed by atoms with E-state index in [1.165, 1.54) is 11.1 Å². The van der Waals surface area contributed by atoms with Gasteiger partial charge in [-0.05, 0) is 44.0 Å². The molecule has 0 atom stereocenters. The highest BCUT2D eigenvalue weighted by atomic mass is 35.5. The zero-order chi connectivity index (χ0) is 23.4. The van der Waals surface area contributed by atoms with Gasteiger partial charge in [0.1, 0.15) is 11.1 Å². The molecule has 0 saturated carbocycles. The van der Waals surface area contributed by atoms with E-state index in [4.69, 9.17) is 25.5 Å². The van der Waals surface area contributed by atoms with E-state index < -0.39 is 5.60 Å². The first-order valence-electron chi connectivity index (χ1n) is 11.2. The van der Waals surface area contributed by atoms with Crippen LogP contribution >= 0.6 is 11.6 Å². The zero-order valence-electron chi connectivity index (χ0n) is 19.3. The number of benzene rings is 2. The maximum absolute atomic E-state index is 12.2. The number of halogens is 1. The van der Waals surface area contributed by atoms with Gasteiger partial charge in [0.05, 0.1) is 6.61 Å². The van der Waals surface area contributed by atoms with Gasteiger partial charge in [0, 0.05) is 50.2 Å². The fourth-order valence-electron chi connectivity index (χ4n) is 3.68. The molecule has 0 bridgehead atoms. The van der Waals surface area contributed by atoms with Crippen LogP contribution in [0.5, 0.6) is 6.08 Å². The van der Waals surface area contributed by atoms with Crippen molar-refractivity contribution in [3.63, 3.8) is 0 Å². The van der Waals surface area contributed by atoms with Gasteiger partial charge in [0.15, 0.2) is 5.58 Å². The molecule has 1 aliphatic rings. The van der Waals surface area contributed by atoms with Gasteiger partial charge >= 0.3 is 12.2 Å². The van der Waals surface area contributed by atoms with Crippen LogP contribution in [0.15, 0.2) is 46.9 Å². The SMILES string of the molecule is CC(C)(C)OC(=O)N1CCN(Cc2ccc(CCOc3nc4ccc(Cl)cc4o3)cc2)CC1. The zero-order valence-corrected chi connectivity index (χ0v) is 20.1. The highest BCUT2D eigenvalue weighted by Crippen LogP contribution is 2.23. The van der Waals surface area contributed by atoms with Crippen LogP contribution in [-0.4, -0.2) is 59.3 Å². The van der Waals surface area contributed by atoms with E-state index in [0.717, 1.165) is 31.6 Å². The molecule has 0 aliphatic carbocycles. The van der Waals surface area contributed by atoms with E-state index in [9.17, 15) is 4.79 Å². The lowest BCUT2D eigenvalue weighted by molar-refractivity contribution is 0.0139. The monoisotopic (exact) mass is 471 g/mol. The van der Waals surface area contributed by atoms with Crippen molar-refractivity contribution in [2.24, 2.45) is 0 Å². The summed E-state index contributed by atoms with van der Waals surface area (Å²) >= 11 is 5.97. The predicted molar refractivity (Wildman–Crippen MR) is 128 cm³/mol. The number of ether oxygens (including phenoxy) is 2. The van der Waals surface area contributed by atoms with E-state index in [2.05, 4.69) is 34.1 Å². The molecule has 1 aromatic heterocycles. The average Bonchev–Trinajstić information content (AvgIpc) is 3.16. The number of hydrogen-bond donors (Lipinski definition) is 0. The van der Waals surface area contributed by atoms with Crippen molar-refractivity contribution in [2.75, 3.05) is 32.8 Å². The number of hydrogen-bond acceptors (Lipinski definition) is 6. The molecule has 0 unspecified atom stereocenters. The number of oxazole rings is 1. The minimum Gasteiger partial charge on any atom is -0.450 e. The third kappa shape index (κ3) is 6.62. The van der Waals surface area contributed by atoms with Gasteiger partial charge in [-0.2, -0.15) is 4.98 Å². The average molecular weight is 472 g/mol. The van der Waals surface area contributed by atoms with Crippen molar-refractivity contribution >= 4 is 28.8 Å². The van der Waals surface area contributed by atoms with Crippen LogP contribution in [0.4, 0.5) is 4.79 Å². The maximum atomic E-state index is 12.2. The quantitative estimate of drug-likeness (QED) is 0.495. The molecule has 33 heavy (non-hydrogen) atoms. The Hall–Kier alpha value is -2.77. The summed E-state index contributed by atoms with van der Waals surface area (Å²) in [6.45, 7) is 10.1. The summed E-state index contributed by atoms with van der Waals surface area (Å²) in [4.78, 5) is 20.7. The van der Waals surface area contributed by atoms with Gasteiger partial charge in [-0.1, -0.05) is 35.9 Å². The number of carbonyl (C=O) groups is 1. The van der Waals surface area contributed by atoms with E-state index in [-0.39, 0.29) is 12.2 Å². The van der Waals surface area contributed by atoms with Crippen molar-refractivity contribution < 1.29 is 18.7 Å². The Morgan fingerprint density at radius 1 is 1.06 bits per heavy atom. The Morgan fingerprint density at radius 2 is 1.76 bits per heavy atom. The lowest BCUT2D eigenvalue weighted by Crippen LogP contribution is -2.49. The molecular formula is C25H30ClN3O4. The molecule has 0 N–H and O–H groups in total. The van der Waals surface area contributed by atoms with Crippen LogP contribution in [0.25, 0.3) is 11.1 Å². The molecule has 176 valence electrons. The van der Waals surface area contributed by atoms with Crippen LogP contribution in [0.1, 0.15) is 31.9 Å². The summed E-state index contributed by atoms with van der Waals surface area (Å²) in [5.41, 5.74) is 3.33. The number of piperazine rings is 1. The van der Waals surface area contributed by atoms with Crippen molar-refractivity contribution in [1.82, 2.24) is 14.8 Å². The molecule has 0 radical (unpaired) electrons. The molecule has 2 heterocycles. The van der Waals surface area contributed by atoms with Crippen LogP contribution < -0.4 is 4.74 Å². The van der Waals surface area contributed by atoms with Gasteiger partial charge in [-0.15, -0.1) is 0 Å². The molecular weight excluding hydrogens is 442 g/mol. The lowest BCUT2D eigenvalue weighted by Gasteiger charge is -2.35. The van der Waals surface area contributed by atoms with Crippen LogP contribution in [-0.2, 0) is 17.7 Å². The number of amides is 1. The molecule has 2 aromatic carbocycles. The highest BCUT2D eigenvalue weighted by Gasteiger charge is 2.25. The van der Waals surface area contributed by atoms with Crippen molar-refractivity contribution in [3.05, 3.63) is 58.6 Å².